The lowest BCUT2D eigenvalue weighted by molar-refractivity contribution is 0.136. The molecule has 2 aromatic rings. The van der Waals surface area contributed by atoms with E-state index in [2.05, 4.69) is 4.90 Å². The number of furan rings is 1. The summed E-state index contributed by atoms with van der Waals surface area (Å²) in [4.78, 5) is 14.0. The van der Waals surface area contributed by atoms with Gasteiger partial charge in [-0.25, -0.2) is 0 Å². The monoisotopic (exact) mass is 296 g/mol. The van der Waals surface area contributed by atoms with Gasteiger partial charge in [0.25, 0.3) is 0 Å². The van der Waals surface area contributed by atoms with E-state index in [1.807, 2.05) is 29.0 Å². The van der Waals surface area contributed by atoms with E-state index in [1.54, 1.807) is 13.4 Å². The summed E-state index contributed by atoms with van der Waals surface area (Å²) in [6.07, 6.45) is 1.68. The summed E-state index contributed by atoms with van der Waals surface area (Å²) in [5, 5.41) is 1.90. The van der Waals surface area contributed by atoms with Crippen LogP contribution in [0.25, 0.3) is 0 Å². The summed E-state index contributed by atoms with van der Waals surface area (Å²) < 4.78 is 12.3. The van der Waals surface area contributed by atoms with Crippen molar-refractivity contribution in [2.75, 3.05) is 26.8 Å². The Morgan fingerprint density at radius 3 is 2.90 bits per heavy atom. The van der Waals surface area contributed by atoms with Crippen molar-refractivity contribution in [2.24, 2.45) is 0 Å². The zero-order valence-electron chi connectivity index (χ0n) is 11.9. The molecule has 2 rings (SSSR count). The van der Waals surface area contributed by atoms with Gasteiger partial charge >= 0.3 is 4.87 Å². The minimum atomic E-state index is 0.104. The molecular formula is C14H20N2O3S. The maximum atomic E-state index is 11.7. The molecule has 0 aliphatic heterocycles. The number of thiazole rings is 1. The Bertz CT molecular complexity index is 559. The van der Waals surface area contributed by atoms with Crippen LogP contribution in [-0.2, 0) is 17.8 Å². The van der Waals surface area contributed by atoms with E-state index in [0.29, 0.717) is 13.2 Å². The fraction of sp³-hybridized carbons (Fsp3) is 0.500. The molecule has 0 saturated heterocycles. The Kier molecular flexibility index (Phi) is 5.58. The van der Waals surface area contributed by atoms with Crippen molar-refractivity contribution in [3.8, 4) is 0 Å². The fourth-order valence-corrected chi connectivity index (χ4v) is 2.79. The lowest BCUT2D eigenvalue weighted by Crippen LogP contribution is -2.32. The van der Waals surface area contributed by atoms with Crippen LogP contribution in [0.2, 0.25) is 0 Å². The van der Waals surface area contributed by atoms with Gasteiger partial charge in [-0.2, -0.15) is 0 Å². The van der Waals surface area contributed by atoms with Crippen LogP contribution in [0, 0.1) is 6.92 Å². The minimum Gasteiger partial charge on any atom is -0.468 e. The van der Waals surface area contributed by atoms with Crippen molar-refractivity contribution < 1.29 is 9.15 Å². The van der Waals surface area contributed by atoms with Gasteiger partial charge in [0.2, 0.25) is 0 Å². The molecule has 0 saturated carbocycles. The Hall–Kier alpha value is -1.37. The average molecular weight is 296 g/mol. The van der Waals surface area contributed by atoms with Gasteiger partial charge in [-0.05, 0) is 19.1 Å². The molecule has 2 aromatic heterocycles. The van der Waals surface area contributed by atoms with Crippen LogP contribution in [0.4, 0.5) is 0 Å². The first kappa shape index (κ1) is 15.0. The minimum absolute atomic E-state index is 0.104. The van der Waals surface area contributed by atoms with Crippen LogP contribution < -0.4 is 4.87 Å². The van der Waals surface area contributed by atoms with Gasteiger partial charge in [0.05, 0.1) is 19.4 Å². The van der Waals surface area contributed by atoms with E-state index >= 15 is 0 Å². The van der Waals surface area contributed by atoms with Crippen LogP contribution in [0.5, 0.6) is 0 Å². The first-order valence-corrected chi connectivity index (χ1v) is 7.47. The zero-order valence-corrected chi connectivity index (χ0v) is 12.7. The number of hydrogen-bond acceptors (Lipinski definition) is 5. The predicted molar refractivity (Wildman–Crippen MR) is 79.2 cm³/mol. The summed E-state index contributed by atoms with van der Waals surface area (Å²) in [6.45, 7) is 5.66. The molecule has 0 amide bonds. The smallest absolute Gasteiger partial charge is 0.307 e. The SMILES string of the molecule is COCCN(CCn1c(C)csc1=O)Cc1ccco1. The Morgan fingerprint density at radius 1 is 1.45 bits per heavy atom. The van der Waals surface area contributed by atoms with Gasteiger partial charge in [-0.1, -0.05) is 11.3 Å². The van der Waals surface area contributed by atoms with Crippen LogP contribution in [0.1, 0.15) is 11.5 Å². The van der Waals surface area contributed by atoms with Crippen LogP contribution >= 0.6 is 11.3 Å². The lowest BCUT2D eigenvalue weighted by Gasteiger charge is -2.21. The summed E-state index contributed by atoms with van der Waals surface area (Å²) >= 11 is 1.25. The molecule has 110 valence electrons. The molecule has 0 fully saturated rings. The normalized spacial score (nSPS) is 11.3. The molecule has 0 aliphatic carbocycles. The lowest BCUT2D eigenvalue weighted by atomic mass is 10.3. The molecule has 0 spiro atoms. The maximum Gasteiger partial charge on any atom is 0.307 e. The third kappa shape index (κ3) is 4.06. The average Bonchev–Trinajstić information content (AvgIpc) is 3.05. The van der Waals surface area contributed by atoms with Gasteiger partial charge in [0, 0.05) is 37.8 Å². The Labute approximate surface area is 122 Å². The molecular weight excluding hydrogens is 276 g/mol. The zero-order chi connectivity index (χ0) is 14.4. The number of aromatic nitrogens is 1. The second kappa shape index (κ2) is 7.42. The molecule has 0 aromatic carbocycles. The summed E-state index contributed by atoms with van der Waals surface area (Å²) in [5.41, 5.74) is 1.02. The fourth-order valence-electron chi connectivity index (χ4n) is 2.03. The van der Waals surface area contributed by atoms with Gasteiger partial charge in [-0.3, -0.25) is 9.69 Å². The van der Waals surface area contributed by atoms with Crippen molar-refractivity contribution in [3.63, 3.8) is 0 Å². The first-order chi connectivity index (χ1) is 9.70. The topological polar surface area (TPSA) is 47.6 Å². The van der Waals surface area contributed by atoms with Crippen molar-refractivity contribution in [3.05, 3.63) is 44.9 Å². The number of aryl methyl sites for hydroxylation is 1. The number of ether oxygens (including phenoxy) is 1. The largest absolute Gasteiger partial charge is 0.468 e. The molecule has 0 bridgehead atoms. The predicted octanol–water partition coefficient (Wildman–Crippen LogP) is 1.96. The second-order valence-corrected chi connectivity index (χ2v) is 5.46. The van der Waals surface area contributed by atoms with Crippen LogP contribution in [-0.4, -0.2) is 36.3 Å². The number of rotatable bonds is 8. The molecule has 6 heteroatoms. The highest BCUT2D eigenvalue weighted by Crippen LogP contribution is 2.06. The standard InChI is InChI=1S/C14H20N2O3S/c1-12-11-20-14(17)16(12)6-5-15(7-9-18-2)10-13-4-3-8-19-13/h3-4,8,11H,5-7,9-10H2,1-2H3. The van der Waals surface area contributed by atoms with E-state index < -0.39 is 0 Å². The third-order valence-corrected chi connectivity index (χ3v) is 4.07. The summed E-state index contributed by atoms with van der Waals surface area (Å²) in [5.74, 6) is 0.926. The highest BCUT2D eigenvalue weighted by molar-refractivity contribution is 7.07. The van der Waals surface area contributed by atoms with Gasteiger partial charge in [-0.15, -0.1) is 0 Å². The molecule has 0 atom stereocenters. The van der Waals surface area contributed by atoms with Gasteiger partial charge in [0.1, 0.15) is 5.76 Å². The molecule has 20 heavy (non-hydrogen) atoms. The van der Waals surface area contributed by atoms with Gasteiger partial charge in [0.15, 0.2) is 0 Å². The number of nitrogens with zero attached hydrogens (tertiary/aromatic N) is 2. The third-order valence-electron chi connectivity index (χ3n) is 3.19. The van der Waals surface area contributed by atoms with Gasteiger partial charge < -0.3 is 13.7 Å². The van der Waals surface area contributed by atoms with E-state index in [9.17, 15) is 4.79 Å². The highest BCUT2D eigenvalue weighted by atomic mass is 32.1. The number of methoxy groups -OCH3 is 1. The maximum absolute atomic E-state index is 11.7. The van der Waals surface area contributed by atoms with Crippen LogP contribution in [0.3, 0.4) is 0 Å². The van der Waals surface area contributed by atoms with Crippen molar-refractivity contribution in [2.45, 2.75) is 20.0 Å². The second-order valence-electron chi connectivity index (χ2n) is 4.64. The summed E-state index contributed by atoms with van der Waals surface area (Å²) in [7, 11) is 1.69. The van der Waals surface area contributed by atoms with Crippen molar-refractivity contribution >= 4 is 11.3 Å². The molecule has 2 heterocycles. The van der Waals surface area contributed by atoms with E-state index in [-0.39, 0.29) is 4.87 Å². The molecule has 0 radical (unpaired) electrons. The van der Waals surface area contributed by atoms with E-state index in [4.69, 9.17) is 9.15 Å². The Balaban J connectivity index is 1.95. The number of hydrogen-bond donors (Lipinski definition) is 0. The highest BCUT2D eigenvalue weighted by Gasteiger charge is 2.10. The first-order valence-electron chi connectivity index (χ1n) is 6.59. The van der Waals surface area contributed by atoms with Crippen molar-refractivity contribution in [1.82, 2.24) is 9.47 Å². The molecule has 5 nitrogen and oxygen atoms in total. The molecule has 0 unspecified atom stereocenters. The quantitative estimate of drug-likeness (QED) is 0.747. The van der Waals surface area contributed by atoms with E-state index in [1.165, 1.54) is 11.3 Å². The van der Waals surface area contributed by atoms with E-state index in [0.717, 1.165) is 31.1 Å². The van der Waals surface area contributed by atoms with Crippen molar-refractivity contribution in [1.29, 1.82) is 0 Å². The molecule has 0 aliphatic rings. The summed E-state index contributed by atoms with van der Waals surface area (Å²) in [6, 6.07) is 3.85. The molecule has 0 N–H and O–H groups in total. The van der Waals surface area contributed by atoms with Crippen LogP contribution in [0.15, 0.2) is 33.0 Å². The Morgan fingerprint density at radius 2 is 2.30 bits per heavy atom.